The Morgan fingerprint density at radius 1 is 0.742 bits per heavy atom. The van der Waals surface area contributed by atoms with Crippen LogP contribution in [-0.2, 0) is 13.2 Å². The fraction of sp³-hybridized carbons (Fsp3) is 0.111. The van der Waals surface area contributed by atoms with E-state index in [1.54, 1.807) is 0 Å². The van der Waals surface area contributed by atoms with E-state index in [1.807, 2.05) is 60.7 Å². The Morgan fingerprint density at radius 2 is 1.42 bits per heavy atom. The number of halogens is 1. The smallest absolute Gasteiger partial charge is 0.134 e. The topological polar surface area (TPSA) is 30.5 Å². The molecule has 156 valence electrons. The summed E-state index contributed by atoms with van der Waals surface area (Å²) in [5.74, 6) is 2.49. The van der Waals surface area contributed by atoms with E-state index in [0.29, 0.717) is 6.61 Å². The molecule has 0 aromatic heterocycles. The predicted molar refractivity (Wildman–Crippen MR) is 130 cm³/mol. The molecule has 0 amide bonds. The number of hydrogen-bond donors (Lipinski definition) is 1. The van der Waals surface area contributed by atoms with Crippen LogP contribution in [0.3, 0.4) is 0 Å². The summed E-state index contributed by atoms with van der Waals surface area (Å²) >= 11 is 3.63. The Kier molecular flexibility index (Phi) is 6.90. The molecule has 4 heteroatoms. The number of para-hydroxylation sites is 1. The van der Waals surface area contributed by atoms with Gasteiger partial charge in [0, 0.05) is 12.2 Å². The number of anilines is 1. The molecule has 0 aliphatic heterocycles. The van der Waals surface area contributed by atoms with Gasteiger partial charge in [0.05, 0.1) is 4.47 Å². The third kappa shape index (κ3) is 6.12. The van der Waals surface area contributed by atoms with Crippen molar-refractivity contribution in [2.45, 2.75) is 20.1 Å². The van der Waals surface area contributed by atoms with Crippen molar-refractivity contribution in [2.24, 2.45) is 0 Å². The maximum atomic E-state index is 5.96. The lowest BCUT2D eigenvalue weighted by Crippen LogP contribution is -2.00. The summed E-state index contributed by atoms with van der Waals surface area (Å²) in [7, 11) is 0. The van der Waals surface area contributed by atoms with Gasteiger partial charge in [-0.1, -0.05) is 54.1 Å². The van der Waals surface area contributed by atoms with E-state index >= 15 is 0 Å². The minimum atomic E-state index is 0.549. The maximum absolute atomic E-state index is 5.96. The number of nitrogens with one attached hydrogen (secondary N) is 1. The van der Waals surface area contributed by atoms with Crippen molar-refractivity contribution < 1.29 is 9.47 Å². The van der Waals surface area contributed by atoms with Gasteiger partial charge in [0.1, 0.15) is 23.9 Å². The van der Waals surface area contributed by atoms with E-state index in [4.69, 9.17) is 9.47 Å². The van der Waals surface area contributed by atoms with Crippen molar-refractivity contribution in [2.75, 3.05) is 5.32 Å². The Hall–Kier alpha value is -3.24. The van der Waals surface area contributed by atoms with Gasteiger partial charge in [-0.2, -0.15) is 0 Å². The predicted octanol–water partition coefficient (Wildman–Crippen LogP) is 7.74. The van der Waals surface area contributed by atoms with Gasteiger partial charge in [0.25, 0.3) is 0 Å². The molecular formula is C27H24BrNO2. The van der Waals surface area contributed by atoms with E-state index in [-0.39, 0.29) is 0 Å². The average molecular weight is 474 g/mol. The van der Waals surface area contributed by atoms with Gasteiger partial charge in [-0.05, 0) is 82.5 Å². The minimum absolute atomic E-state index is 0.549. The highest BCUT2D eigenvalue weighted by Crippen LogP contribution is 2.28. The van der Waals surface area contributed by atoms with E-state index in [1.165, 1.54) is 11.1 Å². The molecule has 3 nitrogen and oxygen atoms in total. The van der Waals surface area contributed by atoms with Crippen LogP contribution < -0.4 is 14.8 Å². The van der Waals surface area contributed by atoms with Gasteiger partial charge >= 0.3 is 0 Å². The molecule has 0 unspecified atom stereocenters. The van der Waals surface area contributed by atoms with Crippen LogP contribution in [0.1, 0.15) is 16.7 Å². The molecule has 4 aromatic carbocycles. The summed E-state index contributed by atoms with van der Waals surface area (Å²) in [6.45, 7) is 3.35. The fourth-order valence-electron chi connectivity index (χ4n) is 3.09. The van der Waals surface area contributed by atoms with Crippen LogP contribution in [0.15, 0.2) is 102 Å². The molecular weight excluding hydrogens is 450 g/mol. The first-order valence-electron chi connectivity index (χ1n) is 10.2. The lowest BCUT2D eigenvalue weighted by molar-refractivity contribution is 0.304. The average Bonchev–Trinajstić information content (AvgIpc) is 2.80. The Bertz CT molecular complexity index is 1110. The lowest BCUT2D eigenvalue weighted by atomic mass is 10.2. The van der Waals surface area contributed by atoms with Crippen LogP contribution in [-0.4, -0.2) is 0 Å². The van der Waals surface area contributed by atoms with Crippen LogP contribution in [0, 0.1) is 6.92 Å². The van der Waals surface area contributed by atoms with E-state index in [9.17, 15) is 0 Å². The largest absolute Gasteiger partial charge is 0.488 e. The molecule has 0 spiro atoms. The van der Waals surface area contributed by atoms with Crippen LogP contribution in [0.2, 0.25) is 0 Å². The zero-order valence-electron chi connectivity index (χ0n) is 17.3. The molecule has 4 aromatic rings. The summed E-state index contributed by atoms with van der Waals surface area (Å²) in [4.78, 5) is 0. The van der Waals surface area contributed by atoms with Gasteiger partial charge in [-0.15, -0.1) is 0 Å². The van der Waals surface area contributed by atoms with Crippen molar-refractivity contribution in [1.82, 2.24) is 0 Å². The van der Waals surface area contributed by atoms with Crippen LogP contribution in [0.25, 0.3) is 0 Å². The van der Waals surface area contributed by atoms with E-state index in [0.717, 1.165) is 39.5 Å². The molecule has 0 aliphatic carbocycles. The van der Waals surface area contributed by atoms with Crippen LogP contribution in [0.4, 0.5) is 5.69 Å². The second kappa shape index (κ2) is 10.2. The standard InChI is InChI=1S/C27H24BrNO2/c1-20-7-9-21(10-8-20)19-30-27-16-11-22(17-26(27)28)18-29-23-12-14-25(15-13-23)31-24-5-3-2-4-6-24/h2-17,29H,18-19H2,1H3. The summed E-state index contributed by atoms with van der Waals surface area (Å²) in [5, 5.41) is 3.44. The number of ether oxygens (including phenoxy) is 2. The van der Waals surface area contributed by atoms with Gasteiger partial charge in [-0.25, -0.2) is 0 Å². The first kappa shape index (κ1) is 21.0. The molecule has 0 fully saturated rings. The highest BCUT2D eigenvalue weighted by Gasteiger charge is 2.04. The van der Waals surface area contributed by atoms with Gasteiger partial charge in [0.15, 0.2) is 0 Å². The van der Waals surface area contributed by atoms with Crippen molar-refractivity contribution in [3.63, 3.8) is 0 Å². The maximum Gasteiger partial charge on any atom is 0.134 e. The highest BCUT2D eigenvalue weighted by molar-refractivity contribution is 9.10. The summed E-state index contributed by atoms with van der Waals surface area (Å²) in [6.07, 6.45) is 0. The van der Waals surface area contributed by atoms with Crippen molar-refractivity contribution in [1.29, 1.82) is 0 Å². The third-order valence-corrected chi connectivity index (χ3v) is 5.46. The lowest BCUT2D eigenvalue weighted by Gasteiger charge is -2.12. The summed E-state index contributed by atoms with van der Waals surface area (Å²) < 4.78 is 12.7. The van der Waals surface area contributed by atoms with Gasteiger partial charge in [0.2, 0.25) is 0 Å². The van der Waals surface area contributed by atoms with E-state index < -0.39 is 0 Å². The number of hydrogen-bond acceptors (Lipinski definition) is 3. The molecule has 31 heavy (non-hydrogen) atoms. The summed E-state index contributed by atoms with van der Waals surface area (Å²) in [6, 6.07) is 32.3. The SMILES string of the molecule is Cc1ccc(COc2ccc(CNc3ccc(Oc4ccccc4)cc3)cc2Br)cc1. The van der Waals surface area contributed by atoms with E-state index in [2.05, 4.69) is 64.6 Å². The molecule has 0 saturated heterocycles. The minimum Gasteiger partial charge on any atom is -0.488 e. The molecule has 0 radical (unpaired) electrons. The molecule has 0 heterocycles. The fourth-order valence-corrected chi connectivity index (χ4v) is 3.63. The monoisotopic (exact) mass is 473 g/mol. The Balaban J connectivity index is 1.30. The second-order valence-corrected chi connectivity index (χ2v) is 8.19. The van der Waals surface area contributed by atoms with Crippen molar-refractivity contribution >= 4 is 21.6 Å². The Labute approximate surface area is 191 Å². The van der Waals surface area contributed by atoms with Crippen molar-refractivity contribution in [3.8, 4) is 17.2 Å². The number of benzene rings is 4. The molecule has 0 atom stereocenters. The Morgan fingerprint density at radius 3 is 2.13 bits per heavy atom. The van der Waals surface area contributed by atoms with Crippen LogP contribution in [0.5, 0.6) is 17.2 Å². The van der Waals surface area contributed by atoms with Crippen LogP contribution >= 0.6 is 15.9 Å². The number of rotatable bonds is 8. The first-order valence-corrected chi connectivity index (χ1v) is 11.0. The summed E-state index contributed by atoms with van der Waals surface area (Å²) in [5.41, 5.74) is 4.61. The zero-order chi connectivity index (χ0) is 21.5. The highest BCUT2D eigenvalue weighted by atomic mass is 79.9. The molecule has 4 rings (SSSR count). The second-order valence-electron chi connectivity index (χ2n) is 7.33. The third-order valence-electron chi connectivity index (χ3n) is 4.84. The molecule has 1 N–H and O–H groups in total. The van der Waals surface area contributed by atoms with Gasteiger partial charge in [-0.3, -0.25) is 0 Å². The normalized spacial score (nSPS) is 10.5. The quantitative estimate of drug-likeness (QED) is 0.283. The molecule has 0 bridgehead atoms. The molecule has 0 saturated carbocycles. The van der Waals surface area contributed by atoms with Crippen molar-refractivity contribution in [3.05, 3.63) is 118 Å². The number of aryl methyl sites for hydroxylation is 1. The zero-order valence-corrected chi connectivity index (χ0v) is 18.9. The first-order chi connectivity index (χ1) is 15.2. The van der Waals surface area contributed by atoms with Gasteiger partial charge < -0.3 is 14.8 Å². The molecule has 0 aliphatic rings.